The van der Waals surface area contributed by atoms with E-state index in [-0.39, 0.29) is 5.69 Å². The van der Waals surface area contributed by atoms with Gasteiger partial charge in [-0.3, -0.25) is 4.57 Å². The first-order valence-electron chi connectivity index (χ1n) is 4.23. The molecule has 0 bridgehead atoms. The lowest BCUT2D eigenvalue weighted by atomic mass is 10.1. The second-order valence-corrected chi connectivity index (χ2v) is 3.66. The molecule has 0 amide bonds. The Labute approximate surface area is 76.9 Å². The van der Waals surface area contributed by atoms with Gasteiger partial charge >= 0.3 is 5.69 Å². The first-order valence-corrected chi connectivity index (χ1v) is 4.23. The van der Waals surface area contributed by atoms with Crippen molar-refractivity contribution in [2.45, 2.75) is 32.4 Å². The minimum Gasteiger partial charge on any atom is -0.390 e. The lowest BCUT2D eigenvalue weighted by Gasteiger charge is -2.16. The minimum absolute atomic E-state index is 0.272. The predicted octanol–water partition coefficient (Wildman–Crippen LogP) is 0.404. The highest BCUT2D eigenvalue weighted by molar-refractivity contribution is 4.81. The van der Waals surface area contributed by atoms with Crippen molar-refractivity contribution in [3.63, 3.8) is 0 Å². The van der Waals surface area contributed by atoms with Crippen LogP contribution in [0.5, 0.6) is 0 Å². The second kappa shape index (κ2) is 3.70. The normalized spacial score (nSPS) is 11.6. The summed E-state index contributed by atoms with van der Waals surface area (Å²) in [5.41, 5.74) is -1.01. The Hall–Kier alpha value is -1.16. The van der Waals surface area contributed by atoms with E-state index in [0.717, 1.165) is 0 Å². The fraction of sp³-hybridized carbons (Fsp3) is 0.556. The van der Waals surface area contributed by atoms with E-state index < -0.39 is 5.60 Å². The lowest BCUT2D eigenvalue weighted by Crippen LogP contribution is -2.27. The maximum atomic E-state index is 11.1. The Bertz CT molecular complexity index is 325. The number of nitrogens with zero attached hydrogens (tertiary/aromatic N) is 2. The molecule has 0 unspecified atom stereocenters. The van der Waals surface area contributed by atoms with Crippen molar-refractivity contribution >= 4 is 0 Å². The van der Waals surface area contributed by atoms with E-state index in [1.54, 1.807) is 26.1 Å². The minimum atomic E-state index is -0.741. The summed E-state index contributed by atoms with van der Waals surface area (Å²) >= 11 is 0. The molecule has 72 valence electrons. The highest BCUT2D eigenvalue weighted by Gasteiger charge is 2.12. The maximum absolute atomic E-state index is 11.1. The van der Waals surface area contributed by atoms with Gasteiger partial charge in [0.25, 0.3) is 0 Å². The van der Waals surface area contributed by atoms with Crippen molar-refractivity contribution in [3.05, 3.63) is 28.9 Å². The zero-order chi connectivity index (χ0) is 9.90. The fourth-order valence-corrected chi connectivity index (χ4v) is 0.951. The van der Waals surface area contributed by atoms with E-state index in [9.17, 15) is 9.90 Å². The molecule has 0 atom stereocenters. The highest BCUT2D eigenvalue weighted by atomic mass is 16.3. The van der Waals surface area contributed by atoms with Crippen LogP contribution in [0.3, 0.4) is 0 Å². The fourth-order valence-electron chi connectivity index (χ4n) is 0.951. The molecular formula is C9H14N2O2. The summed E-state index contributed by atoms with van der Waals surface area (Å²) in [6, 6.07) is 1.70. The maximum Gasteiger partial charge on any atom is 0.347 e. The van der Waals surface area contributed by atoms with Crippen LogP contribution < -0.4 is 5.69 Å². The Kier molecular flexibility index (Phi) is 2.83. The van der Waals surface area contributed by atoms with Crippen LogP contribution in [0.25, 0.3) is 0 Å². The Morgan fingerprint density at radius 1 is 1.62 bits per heavy atom. The van der Waals surface area contributed by atoms with Gasteiger partial charge < -0.3 is 5.11 Å². The molecule has 0 spiro atoms. The Balaban J connectivity index is 2.66. The van der Waals surface area contributed by atoms with Gasteiger partial charge in [0, 0.05) is 18.9 Å². The molecule has 0 saturated carbocycles. The summed E-state index contributed by atoms with van der Waals surface area (Å²) in [6.45, 7) is 3.93. The number of hydrogen-bond donors (Lipinski definition) is 1. The largest absolute Gasteiger partial charge is 0.390 e. The molecule has 4 heteroatoms. The second-order valence-electron chi connectivity index (χ2n) is 3.66. The third-order valence-corrected chi connectivity index (χ3v) is 1.75. The van der Waals surface area contributed by atoms with E-state index in [4.69, 9.17) is 0 Å². The smallest absolute Gasteiger partial charge is 0.347 e. The van der Waals surface area contributed by atoms with Gasteiger partial charge in [-0.25, -0.2) is 9.78 Å². The van der Waals surface area contributed by atoms with E-state index in [2.05, 4.69) is 4.98 Å². The molecule has 1 aromatic rings. The van der Waals surface area contributed by atoms with E-state index in [1.807, 2.05) is 0 Å². The monoisotopic (exact) mass is 182 g/mol. The van der Waals surface area contributed by atoms with Crippen molar-refractivity contribution in [2.75, 3.05) is 0 Å². The molecule has 0 aliphatic carbocycles. The van der Waals surface area contributed by atoms with Gasteiger partial charge in [-0.15, -0.1) is 0 Å². The summed E-state index contributed by atoms with van der Waals surface area (Å²) in [7, 11) is 0. The Morgan fingerprint density at radius 2 is 2.31 bits per heavy atom. The number of rotatable bonds is 3. The van der Waals surface area contributed by atoms with Gasteiger partial charge in [-0.2, -0.15) is 0 Å². The first kappa shape index (κ1) is 9.92. The van der Waals surface area contributed by atoms with Gasteiger partial charge in [0.1, 0.15) is 0 Å². The number of aromatic nitrogens is 2. The van der Waals surface area contributed by atoms with Crippen molar-refractivity contribution in [3.8, 4) is 0 Å². The van der Waals surface area contributed by atoms with Crippen molar-refractivity contribution in [1.29, 1.82) is 0 Å². The molecule has 4 nitrogen and oxygen atoms in total. The van der Waals surface area contributed by atoms with E-state index in [1.165, 1.54) is 10.8 Å². The Morgan fingerprint density at radius 3 is 2.85 bits per heavy atom. The highest BCUT2D eigenvalue weighted by Crippen LogP contribution is 2.07. The lowest BCUT2D eigenvalue weighted by molar-refractivity contribution is 0.0658. The van der Waals surface area contributed by atoms with Gasteiger partial charge in [0.15, 0.2) is 0 Å². The average Bonchev–Trinajstić information content (AvgIpc) is 2.01. The molecular weight excluding hydrogens is 168 g/mol. The van der Waals surface area contributed by atoms with Crippen molar-refractivity contribution < 1.29 is 5.11 Å². The molecule has 0 aromatic carbocycles. The summed E-state index contributed by atoms with van der Waals surface area (Å²) in [4.78, 5) is 14.7. The molecule has 0 aliphatic heterocycles. The van der Waals surface area contributed by atoms with Gasteiger partial charge in [0.2, 0.25) is 0 Å². The van der Waals surface area contributed by atoms with Gasteiger partial charge in [-0.05, 0) is 26.3 Å². The van der Waals surface area contributed by atoms with Crippen molar-refractivity contribution in [2.24, 2.45) is 0 Å². The van der Waals surface area contributed by atoms with Crippen LogP contribution in [0.15, 0.2) is 23.3 Å². The third kappa shape index (κ3) is 3.38. The van der Waals surface area contributed by atoms with Crippen molar-refractivity contribution in [1.82, 2.24) is 9.55 Å². The van der Waals surface area contributed by atoms with Crippen LogP contribution >= 0.6 is 0 Å². The van der Waals surface area contributed by atoms with Crippen LogP contribution in [0.2, 0.25) is 0 Å². The quantitative estimate of drug-likeness (QED) is 0.736. The zero-order valence-corrected chi connectivity index (χ0v) is 7.90. The number of aryl methyl sites for hydroxylation is 1. The van der Waals surface area contributed by atoms with E-state index in [0.29, 0.717) is 13.0 Å². The molecule has 0 saturated heterocycles. The first-order chi connectivity index (χ1) is 5.99. The molecule has 1 rings (SSSR count). The summed E-state index contributed by atoms with van der Waals surface area (Å²) in [5, 5.41) is 9.43. The number of hydrogen-bond acceptors (Lipinski definition) is 3. The number of aliphatic hydroxyl groups is 1. The molecule has 1 heterocycles. The van der Waals surface area contributed by atoms with Crippen LogP contribution in [-0.4, -0.2) is 20.3 Å². The summed E-state index contributed by atoms with van der Waals surface area (Å²) in [5.74, 6) is 0. The third-order valence-electron chi connectivity index (χ3n) is 1.75. The van der Waals surface area contributed by atoms with Crippen LogP contribution in [0.1, 0.15) is 20.3 Å². The molecule has 1 N–H and O–H groups in total. The summed E-state index contributed by atoms with van der Waals surface area (Å²) < 4.78 is 1.48. The van der Waals surface area contributed by atoms with Gasteiger partial charge in [-0.1, -0.05) is 0 Å². The van der Waals surface area contributed by atoms with Gasteiger partial charge in [0.05, 0.1) is 5.60 Å². The average molecular weight is 182 g/mol. The van der Waals surface area contributed by atoms with Crippen LogP contribution in [0, 0.1) is 0 Å². The molecule has 0 fully saturated rings. The SMILES string of the molecule is CC(C)(O)CCn1cccnc1=O. The standard InChI is InChI=1S/C9H14N2O2/c1-9(2,13)4-7-11-6-3-5-10-8(11)12/h3,5-6,13H,4,7H2,1-2H3. The van der Waals surface area contributed by atoms with Crippen LogP contribution in [-0.2, 0) is 6.54 Å². The topological polar surface area (TPSA) is 55.1 Å². The molecule has 1 aromatic heterocycles. The van der Waals surface area contributed by atoms with E-state index >= 15 is 0 Å². The zero-order valence-electron chi connectivity index (χ0n) is 7.90. The summed E-state index contributed by atoms with van der Waals surface area (Å²) in [6.07, 6.45) is 3.67. The molecule has 13 heavy (non-hydrogen) atoms. The predicted molar refractivity (Wildman–Crippen MR) is 49.4 cm³/mol. The molecule has 0 radical (unpaired) electrons. The van der Waals surface area contributed by atoms with Crippen LogP contribution in [0.4, 0.5) is 0 Å². The molecule has 0 aliphatic rings.